The zero-order chi connectivity index (χ0) is 49.8. The number of carbonyl (C=O) groups is 2. The van der Waals surface area contributed by atoms with E-state index >= 15 is 0 Å². The van der Waals surface area contributed by atoms with Crippen molar-refractivity contribution in [3.8, 4) is 0 Å². The van der Waals surface area contributed by atoms with E-state index in [1.54, 1.807) is 48.5 Å². The van der Waals surface area contributed by atoms with Crippen LogP contribution in [0.3, 0.4) is 0 Å². The number of pyridine rings is 2. The monoisotopic (exact) mass is 976 g/mol. The fourth-order valence-electron chi connectivity index (χ4n) is 6.93. The molecule has 0 radical (unpaired) electrons. The van der Waals surface area contributed by atoms with Crippen LogP contribution in [-0.4, -0.2) is 64.2 Å². The summed E-state index contributed by atoms with van der Waals surface area (Å²) in [6.07, 6.45) is 9.76. The summed E-state index contributed by atoms with van der Waals surface area (Å²) in [6, 6.07) is 38.1. The van der Waals surface area contributed by atoms with Crippen molar-refractivity contribution in [1.82, 2.24) is 0 Å². The number of nitrogens with zero attached hydrogens (tertiary/aromatic N) is 2. The van der Waals surface area contributed by atoms with Gasteiger partial charge in [0.05, 0.1) is 9.79 Å². The number of rotatable bonds is 19. The van der Waals surface area contributed by atoms with Crippen molar-refractivity contribution in [2.24, 2.45) is 0 Å². The Kier molecular flexibility index (Phi) is 20.5. The van der Waals surface area contributed by atoms with Crippen LogP contribution in [-0.2, 0) is 42.8 Å². The summed E-state index contributed by atoms with van der Waals surface area (Å²) in [5, 5.41) is 8.04. The van der Waals surface area contributed by atoms with Gasteiger partial charge in [-0.1, -0.05) is 68.5 Å². The van der Waals surface area contributed by atoms with Crippen molar-refractivity contribution in [2.75, 3.05) is 37.1 Å². The first kappa shape index (κ1) is 53.6. The van der Waals surface area contributed by atoms with Crippen LogP contribution in [0.2, 0.25) is 0 Å². The highest BCUT2D eigenvalue weighted by Gasteiger charge is 2.15. The van der Waals surface area contributed by atoms with Crippen LogP contribution in [0.15, 0.2) is 156 Å². The normalized spacial score (nSPS) is 11.3. The molecule has 69 heavy (non-hydrogen) atoms. The zero-order valence-corrected chi connectivity index (χ0v) is 41.1. The highest BCUT2D eigenvalue weighted by atomic mass is 32.2. The molecule has 0 bridgehead atoms. The molecule has 5 aromatic carbocycles. The molecule has 2 heterocycles. The summed E-state index contributed by atoms with van der Waals surface area (Å²) in [4.78, 5) is 25.8. The van der Waals surface area contributed by atoms with Crippen LogP contribution in [0.25, 0.3) is 21.8 Å². The van der Waals surface area contributed by atoms with E-state index in [9.17, 15) is 35.5 Å². The van der Waals surface area contributed by atoms with Crippen LogP contribution in [0.4, 0.5) is 11.4 Å². The van der Waals surface area contributed by atoms with Crippen molar-refractivity contribution in [2.45, 2.75) is 82.7 Å². The van der Waals surface area contributed by atoms with E-state index in [-0.39, 0.29) is 21.6 Å². The van der Waals surface area contributed by atoms with Gasteiger partial charge in [-0.2, -0.15) is 9.13 Å². The second-order valence-corrected chi connectivity index (χ2v) is 19.0. The number of hydrogen-bond donors (Lipinski definition) is 2. The number of fused-ring (bicyclic) bond motifs is 2. The average molecular weight is 977 g/mol. The fraction of sp³-hybridized carbons (Fsp3) is 0.283. The molecule has 7 rings (SSSR count). The molecular formula is C53H60N4O10S2. The number of carbonyl (C=O) groups excluding carboxylic acids is 2. The molecule has 0 spiro atoms. The zero-order valence-electron chi connectivity index (χ0n) is 39.4. The van der Waals surface area contributed by atoms with Gasteiger partial charge in [-0.25, -0.2) is 16.8 Å². The number of nitrogens with one attached hydrogen (secondary N) is 2. The quantitative estimate of drug-likeness (QED) is 0.0448. The van der Waals surface area contributed by atoms with Gasteiger partial charge >= 0.3 is 0 Å². The molecule has 0 saturated heterocycles. The minimum absolute atomic E-state index is 0.178. The highest BCUT2D eigenvalue weighted by Crippen LogP contribution is 2.20. The first-order valence-electron chi connectivity index (χ1n) is 22.8. The van der Waals surface area contributed by atoms with E-state index in [1.807, 2.05) is 80.7 Å². The Labute approximate surface area is 405 Å². The fourth-order valence-corrected chi connectivity index (χ4v) is 7.87. The van der Waals surface area contributed by atoms with E-state index in [1.165, 1.54) is 37.1 Å². The molecule has 0 saturated carbocycles. The number of hydrogen-bond acceptors (Lipinski definition) is 10. The first-order chi connectivity index (χ1) is 33.0. The van der Waals surface area contributed by atoms with E-state index in [4.69, 9.17) is 9.47 Å². The van der Waals surface area contributed by atoms with Gasteiger partial charge in [-0.3, -0.25) is 9.59 Å². The second-order valence-electron chi connectivity index (χ2n) is 16.3. The smallest absolute Gasteiger partial charge is 0.255 e. The molecule has 0 aliphatic heterocycles. The van der Waals surface area contributed by atoms with E-state index in [2.05, 4.69) is 39.8 Å². The minimum atomic E-state index is -4.27. The summed E-state index contributed by atoms with van der Waals surface area (Å²) in [5.74, 6) is -0.474. The third-order valence-electron chi connectivity index (χ3n) is 10.8. The van der Waals surface area contributed by atoms with E-state index in [0.29, 0.717) is 35.7 Å². The molecule has 7 aromatic rings. The van der Waals surface area contributed by atoms with Gasteiger partial charge in [-0.05, 0) is 112 Å². The third-order valence-corrected chi connectivity index (χ3v) is 12.5. The molecule has 16 heteroatoms. The van der Waals surface area contributed by atoms with Crippen molar-refractivity contribution < 1.29 is 54.1 Å². The third kappa shape index (κ3) is 17.3. The van der Waals surface area contributed by atoms with Crippen LogP contribution in [0.5, 0.6) is 0 Å². The summed E-state index contributed by atoms with van der Waals surface area (Å²) >= 11 is 0. The summed E-state index contributed by atoms with van der Waals surface area (Å²) < 4.78 is 78.2. The maximum atomic E-state index is 13.1. The van der Waals surface area contributed by atoms with Crippen molar-refractivity contribution in [3.63, 3.8) is 0 Å². The number of aryl methyl sites for hydroxylation is 2. The molecule has 0 fully saturated rings. The number of unbranched alkanes of at least 4 members (excludes halogenated alkanes) is 3. The van der Waals surface area contributed by atoms with Gasteiger partial charge in [0.1, 0.15) is 33.5 Å². The van der Waals surface area contributed by atoms with Crippen molar-refractivity contribution >= 4 is 65.2 Å². The highest BCUT2D eigenvalue weighted by molar-refractivity contribution is 7.86. The lowest BCUT2D eigenvalue weighted by Gasteiger charge is -2.09. The SMILES string of the molecule is CCCCCOCC[n+]1cccc2cc(NC(=O)c3ccc(C(=O)Nc4ccc5c(ccc[n+]5CCOCCCC)c4)cc3)ccc21.Cc1ccc(S(=O)(=O)[O-])cc1.Cc1ccc(S(=O)(=O)[O-])cc1. The lowest BCUT2D eigenvalue weighted by molar-refractivity contribution is -0.673. The largest absolute Gasteiger partial charge is 0.744 e. The lowest BCUT2D eigenvalue weighted by atomic mass is 10.1. The van der Waals surface area contributed by atoms with Crippen LogP contribution in [0, 0.1) is 13.8 Å². The van der Waals surface area contributed by atoms with Crippen LogP contribution >= 0.6 is 0 Å². The summed E-state index contributed by atoms with van der Waals surface area (Å²) in [6.45, 7) is 12.4. The van der Waals surface area contributed by atoms with Crippen LogP contribution < -0.4 is 19.8 Å². The van der Waals surface area contributed by atoms with Gasteiger partial charge in [0.25, 0.3) is 11.8 Å². The second kappa shape index (κ2) is 26.4. The Morgan fingerprint density at radius 2 is 0.899 bits per heavy atom. The van der Waals surface area contributed by atoms with Gasteiger partial charge in [0.15, 0.2) is 25.5 Å². The number of aromatic nitrogens is 2. The molecule has 2 amide bonds. The molecule has 14 nitrogen and oxygen atoms in total. The average Bonchev–Trinajstić information content (AvgIpc) is 3.32. The van der Waals surface area contributed by atoms with Crippen LogP contribution in [0.1, 0.15) is 77.8 Å². The maximum absolute atomic E-state index is 13.1. The Morgan fingerprint density at radius 1 is 0.507 bits per heavy atom. The Balaban J connectivity index is 0.000000328. The predicted molar refractivity (Wildman–Crippen MR) is 265 cm³/mol. The van der Waals surface area contributed by atoms with Crippen molar-refractivity contribution in [3.05, 3.63) is 168 Å². The number of ether oxygens (including phenoxy) is 2. The van der Waals surface area contributed by atoms with Gasteiger partial charge in [0, 0.05) is 70.8 Å². The Bertz CT molecular complexity index is 2930. The topological polar surface area (TPSA) is 199 Å². The van der Waals surface area contributed by atoms with E-state index in [0.717, 1.165) is 78.5 Å². The molecule has 2 aromatic heterocycles. The Morgan fingerprint density at radius 3 is 1.28 bits per heavy atom. The maximum Gasteiger partial charge on any atom is 0.255 e. The summed E-state index contributed by atoms with van der Waals surface area (Å²) in [7, 11) is -8.54. The predicted octanol–water partition coefficient (Wildman–Crippen LogP) is 8.89. The molecule has 0 aliphatic carbocycles. The molecular weight excluding hydrogens is 917 g/mol. The first-order valence-corrected chi connectivity index (χ1v) is 25.6. The molecule has 364 valence electrons. The number of amides is 2. The standard InChI is InChI=1S/C39H44N4O4.2C7H8O3S/c1-3-5-7-25-47-27-23-43-21-9-11-33-29-35(17-19-37(33)43)41-39(45)31-14-12-30(13-15-31)38(44)40-34-16-18-36-32(28-34)10-8-20-42(36)22-26-46-24-6-4-2;2*1-6-2-4-7(5-3-6)11(8,9)10/h8-21,28-29H,3-7,22-27H2,1-2H3;2*2-5H,1H3,(H,8,9,10). The van der Waals surface area contributed by atoms with E-state index < -0.39 is 20.2 Å². The lowest BCUT2D eigenvalue weighted by Crippen LogP contribution is -2.36. The minimum Gasteiger partial charge on any atom is -0.744 e. The molecule has 2 N–H and O–H groups in total. The Hall–Kier alpha value is -6.40. The molecule has 0 aliphatic rings. The molecule has 0 atom stereocenters. The van der Waals surface area contributed by atoms with Crippen molar-refractivity contribution in [1.29, 1.82) is 0 Å². The van der Waals surface area contributed by atoms with Gasteiger partial charge < -0.3 is 29.2 Å². The summed E-state index contributed by atoms with van der Waals surface area (Å²) in [5.41, 5.74) is 6.37. The number of benzene rings is 5. The van der Waals surface area contributed by atoms with Gasteiger partial charge in [0.2, 0.25) is 11.0 Å². The van der Waals surface area contributed by atoms with Gasteiger partial charge in [-0.15, -0.1) is 0 Å². The number of anilines is 2. The molecule has 0 unspecified atom stereocenters.